The fraction of sp³-hybridized carbons (Fsp3) is 0.333. The summed E-state index contributed by atoms with van der Waals surface area (Å²) in [5.41, 5.74) is 0. The molecule has 0 amide bonds. The average molecular weight is 208 g/mol. The van der Waals surface area contributed by atoms with Crippen molar-refractivity contribution in [3.63, 3.8) is 0 Å². The second kappa shape index (κ2) is 7.69. The van der Waals surface area contributed by atoms with Crippen molar-refractivity contribution in [2.75, 3.05) is 0 Å². The molecule has 1 unspecified atom stereocenters. The molecule has 0 rings (SSSR count). The molecule has 1 atom stereocenters. The molecule has 0 radical (unpaired) electrons. The van der Waals surface area contributed by atoms with Gasteiger partial charge in [-0.1, -0.05) is 9.05 Å². The standard InChI is InChI=1S/C3H2BF3O6.Li/c5-1(2(8)9)3(10)11-4(12-6)13-7;/h1H,(H,8,9);/q;+1/p-1. The van der Waals surface area contributed by atoms with Crippen molar-refractivity contribution in [1.29, 1.82) is 0 Å². The second-order valence-electron chi connectivity index (χ2n) is 1.59. The summed E-state index contributed by atoms with van der Waals surface area (Å²) in [5.74, 6) is -4.53. The SMILES string of the molecule is O=C([O-])C(F)C(=O)OB(OF)OF.[Li+]. The predicted molar refractivity (Wildman–Crippen MR) is 26.1 cm³/mol. The van der Waals surface area contributed by atoms with Gasteiger partial charge >= 0.3 is 32.2 Å². The molecule has 0 aromatic carbocycles. The normalized spacial score (nSPS) is 11.1. The van der Waals surface area contributed by atoms with E-state index < -0.39 is 25.4 Å². The summed E-state index contributed by atoms with van der Waals surface area (Å²) in [6.45, 7) is 0. The largest absolute Gasteiger partial charge is 1.00 e. The molecular weight excluding hydrogens is 207 g/mol. The zero-order valence-corrected chi connectivity index (χ0v) is 6.74. The van der Waals surface area contributed by atoms with Crippen LogP contribution >= 0.6 is 0 Å². The van der Waals surface area contributed by atoms with E-state index in [9.17, 15) is 28.1 Å². The molecule has 0 fully saturated rings. The van der Waals surface area contributed by atoms with Gasteiger partial charge in [0.05, 0.1) is 5.97 Å². The third-order valence-corrected chi connectivity index (χ3v) is 0.772. The fourth-order valence-electron chi connectivity index (χ4n) is 0.301. The molecule has 0 aliphatic heterocycles. The fourth-order valence-corrected chi connectivity index (χ4v) is 0.301. The molecule has 0 spiro atoms. The van der Waals surface area contributed by atoms with E-state index in [1.807, 2.05) is 0 Å². The number of carboxylic acids is 1. The van der Waals surface area contributed by atoms with Crippen LogP contribution in [0.4, 0.5) is 13.4 Å². The monoisotopic (exact) mass is 208 g/mol. The molecule has 0 saturated carbocycles. The molecule has 0 N–H and O–H groups in total. The second-order valence-corrected chi connectivity index (χ2v) is 1.59. The van der Waals surface area contributed by atoms with Gasteiger partial charge in [-0.05, 0) is 0 Å². The quantitative estimate of drug-likeness (QED) is 0.333. The van der Waals surface area contributed by atoms with Gasteiger partial charge in [0.2, 0.25) is 6.17 Å². The zero-order chi connectivity index (χ0) is 10.4. The number of aliphatic carboxylic acids is 1. The van der Waals surface area contributed by atoms with Crippen LogP contribution in [0.3, 0.4) is 0 Å². The van der Waals surface area contributed by atoms with Gasteiger partial charge in [-0.15, -0.1) is 0 Å². The smallest absolute Gasteiger partial charge is 0.546 e. The summed E-state index contributed by atoms with van der Waals surface area (Å²) in [6.07, 6.45) is -3.17. The summed E-state index contributed by atoms with van der Waals surface area (Å²) < 4.78 is 37.5. The van der Waals surface area contributed by atoms with E-state index in [-0.39, 0.29) is 18.9 Å². The van der Waals surface area contributed by atoms with Gasteiger partial charge in [0.15, 0.2) is 0 Å². The molecule has 0 heterocycles. The Labute approximate surface area is 87.4 Å². The van der Waals surface area contributed by atoms with Gasteiger partial charge in [0, 0.05) is 0 Å². The van der Waals surface area contributed by atoms with E-state index >= 15 is 0 Å². The number of hydrogen-bond acceptors (Lipinski definition) is 6. The van der Waals surface area contributed by atoms with Crippen LogP contribution in [0, 0.1) is 0 Å². The molecule has 0 aliphatic rings. The van der Waals surface area contributed by atoms with Crippen LogP contribution in [0.25, 0.3) is 0 Å². The van der Waals surface area contributed by atoms with Crippen molar-refractivity contribution < 1.29 is 61.4 Å². The van der Waals surface area contributed by atoms with Crippen LogP contribution in [-0.4, -0.2) is 25.4 Å². The zero-order valence-electron chi connectivity index (χ0n) is 6.74. The summed E-state index contributed by atoms with van der Waals surface area (Å²) >= 11 is 0. The van der Waals surface area contributed by atoms with Crippen molar-refractivity contribution in [3.05, 3.63) is 0 Å². The van der Waals surface area contributed by atoms with E-state index in [1.165, 1.54) is 0 Å². The van der Waals surface area contributed by atoms with Crippen molar-refractivity contribution in [3.8, 4) is 0 Å². The van der Waals surface area contributed by atoms with E-state index in [1.54, 1.807) is 0 Å². The first kappa shape index (κ1) is 15.8. The van der Waals surface area contributed by atoms with Crippen molar-refractivity contribution in [2.24, 2.45) is 0 Å². The molecule has 0 aromatic heterocycles. The van der Waals surface area contributed by atoms with Gasteiger partial charge in [0.25, 0.3) is 0 Å². The topological polar surface area (TPSA) is 84.9 Å². The molecule has 0 aliphatic carbocycles. The maximum absolute atomic E-state index is 12.1. The molecule has 74 valence electrons. The molecule has 0 saturated heterocycles. The Bertz CT molecular complexity index is 201. The number of carboxylic acid groups (broad SMARTS) is 1. The van der Waals surface area contributed by atoms with Crippen LogP contribution in [0.5, 0.6) is 0 Å². The Balaban J connectivity index is 0. The number of alkyl halides is 1. The third-order valence-electron chi connectivity index (χ3n) is 0.772. The molecular formula is C3HBF3LiO6. The first-order valence-electron chi connectivity index (χ1n) is 2.63. The summed E-state index contributed by atoms with van der Waals surface area (Å²) in [7, 11) is -2.76. The molecule has 0 aromatic rings. The van der Waals surface area contributed by atoms with E-state index in [2.05, 4.69) is 14.4 Å². The maximum Gasteiger partial charge on any atom is 1.00 e. The first-order chi connectivity index (χ1) is 6.02. The maximum atomic E-state index is 12.1. The Morgan fingerprint density at radius 1 is 1.29 bits per heavy atom. The Morgan fingerprint density at radius 2 is 1.71 bits per heavy atom. The number of halogens is 3. The molecule has 11 heteroatoms. The van der Waals surface area contributed by atoms with Gasteiger partial charge in [-0.3, -0.25) is 4.79 Å². The molecule has 6 nitrogen and oxygen atoms in total. The predicted octanol–water partition coefficient (Wildman–Crippen LogP) is -4.59. The minimum atomic E-state index is -3.17. The Morgan fingerprint density at radius 3 is 2.00 bits per heavy atom. The van der Waals surface area contributed by atoms with Gasteiger partial charge in [-0.2, -0.15) is 9.72 Å². The summed E-state index contributed by atoms with van der Waals surface area (Å²) in [6, 6.07) is 0. The summed E-state index contributed by atoms with van der Waals surface area (Å²) in [4.78, 5) is 24.8. The number of carbonyl (C=O) groups is 2. The van der Waals surface area contributed by atoms with Crippen molar-refractivity contribution in [1.82, 2.24) is 0 Å². The van der Waals surface area contributed by atoms with Crippen LogP contribution in [-0.2, 0) is 24.0 Å². The van der Waals surface area contributed by atoms with E-state index in [0.29, 0.717) is 0 Å². The first-order valence-corrected chi connectivity index (χ1v) is 2.63. The molecule has 14 heavy (non-hydrogen) atoms. The Kier molecular flexibility index (Phi) is 8.66. The van der Waals surface area contributed by atoms with Gasteiger partial charge < -0.3 is 14.6 Å². The number of hydrogen-bond donors (Lipinski definition) is 0. The van der Waals surface area contributed by atoms with Crippen LogP contribution in [0.1, 0.15) is 0 Å². The summed E-state index contributed by atoms with van der Waals surface area (Å²) in [5, 5.41) is 9.64. The minimum Gasteiger partial charge on any atom is -0.546 e. The van der Waals surface area contributed by atoms with Gasteiger partial charge in [-0.25, -0.2) is 4.39 Å². The van der Waals surface area contributed by atoms with Gasteiger partial charge in [0.1, 0.15) is 0 Å². The van der Waals surface area contributed by atoms with E-state index in [0.717, 1.165) is 0 Å². The average Bonchev–Trinajstić information content (AvgIpc) is 2.12. The van der Waals surface area contributed by atoms with Crippen LogP contribution in [0.2, 0.25) is 0 Å². The Hall–Kier alpha value is -0.688. The van der Waals surface area contributed by atoms with Crippen molar-refractivity contribution in [2.45, 2.75) is 6.17 Å². The van der Waals surface area contributed by atoms with Crippen LogP contribution in [0.15, 0.2) is 0 Å². The van der Waals surface area contributed by atoms with E-state index in [4.69, 9.17) is 0 Å². The molecule has 0 bridgehead atoms. The number of rotatable bonds is 5. The third kappa shape index (κ3) is 5.13. The minimum absolute atomic E-state index is 0. The van der Waals surface area contributed by atoms with Crippen LogP contribution < -0.4 is 24.0 Å². The van der Waals surface area contributed by atoms with Crippen molar-refractivity contribution >= 4 is 19.3 Å². The number of carbonyl (C=O) groups excluding carboxylic acids is 2.